The second-order valence-electron chi connectivity index (χ2n) is 18.9. The molecule has 0 saturated carbocycles. The Kier molecular flexibility index (Phi) is 7.38. The Balaban J connectivity index is 1.15. The number of ether oxygens (including phenoxy) is 1. The van der Waals surface area contributed by atoms with Crippen LogP contribution in [0.4, 0.5) is 22.7 Å². The van der Waals surface area contributed by atoms with Crippen molar-refractivity contribution in [2.24, 2.45) is 0 Å². The third kappa shape index (κ3) is 7.21. The minimum absolute atomic E-state index is 0.0428. The highest BCUT2D eigenvalue weighted by Crippen LogP contribution is 2.47. The van der Waals surface area contributed by atoms with Gasteiger partial charge in [-0.15, -0.1) is 0 Å². The van der Waals surface area contributed by atoms with Crippen molar-refractivity contribution in [2.45, 2.75) is 85.4 Å². The molecule has 0 radical (unpaired) electrons. The Morgan fingerprint density at radius 3 is 1.80 bits per heavy atom. The average molecular weight is 797 g/mol. The summed E-state index contributed by atoms with van der Waals surface area (Å²) < 4.78 is 76.4. The van der Waals surface area contributed by atoms with Gasteiger partial charge in [-0.3, -0.25) is 4.57 Å². The van der Waals surface area contributed by atoms with Crippen molar-refractivity contribution in [2.75, 3.05) is 16.5 Å². The van der Waals surface area contributed by atoms with E-state index >= 15 is 0 Å². The van der Waals surface area contributed by atoms with Crippen molar-refractivity contribution in [3.8, 4) is 28.4 Å². The lowest BCUT2D eigenvalue weighted by atomic mass is 9.80. The van der Waals surface area contributed by atoms with Crippen LogP contribution in [0.5, 0.6) is 11.5 Å². The zero-order chi connectivity index (χ0) is 49.0. The van der Waals surface area contributed by atoms with E-state index in [0.29, 0.717) is 23.7 Å². The van der Waals surface area contributed by atoms with Crippen molar-refractivity contribution in [3.05, 3.63) is 168 Å². The maximum absolute atomic E-state index is 8.63. The summed E-state index contributed by atoms with van der Waals surface area (Å²) in [5.41, 5.74) is 8.74. The van der Waals surface area contributed by atoms with Crippen LogP contribution in [0.3, 0.4) is 0 Å². The van der Waals surface area contributed by atoms with Crippen LogP contribution in [0.2, 0.25) is 0 Å². The van der Waals surface area contributed by atoms with E-state index in [1.54, 1.807) is 0 Å². The molecule has 0 fully saturated rings. The summed E-state index contributed by atoms with van der Waals surface area (Å²) in [4.78, 5) is 9.50. The molecular formula is C55H56N4O. The molecule has 0 atom stereocenters. The van der Waals surface area contributed by atoms with Crippen LogP contribution in [-0.2, 0) is 16.2 Å². The topological polar surface area (TPSA) is 33.5 Å². The van der Waals surface area contributed by atoms with Crippen molar-refractivity contribution >= 4 is 44.6 Å². The van der Waals surface area contributed by atoms with Crippen molar-refractivity contribution in [1.29, 1.82) is 0 Å². The third-order valence-electron chi connectivity index (χ3n) is 11.5. The Hall–Kier alpha value is -6.33. The lowest BCUT2D eigenvalue weighted by molar-refractivity contribution is 0.479. The molecule has 3 heterocycles. The highest BCUT2D eigenvalue weighted by molar-refractivity contribution is 6.09. The van der Waals surface area contributed by atoms with Gasteiger partial charge in [0.15, 0.2) is 0 Å². The molecule has 1 aliphatic heterocycles. The molecule has 6 aromatic carbocycles. The number of aromatic nitrogens is 2. The maximum atomic E-state index is 8.63. The number of pyridine rings is 1. The van der Waals surface area contributed by atoms with Crippen LogP contribution in [0, 0.1) is 6.85 Å². The van der Waals surface area contributed by atoms with Gasteiger partial charge in [-0.25, -0.2) is 4.98 Å². The van der Waals surface area contributed by atoms with Gasteiger partial charge in [0.2, 0.25) is 0 Å². The van der Waals surface area contributed by atoms with Crippen LogP contribution in [0.15, 0.2) is 146 Å². The van der Waals surface area contributed by atoms with E-state index in [2.05, 4.69) is 133 Å². The van der Waals surface area contributed by atoms with Gasteiger partial charge in [0.1, 0.15) is 24.0 Å². The normalized spacial score (nSPS) is 15.5. The second-order valence-corrected chi connectivity index (χ2v) is 18.9. The van der Waals surface area contributed by atoms with Gasteiger partial charge in [0.05, 0.1) is 29.3 Å². The highest BCUT2D eigenvalue weighted by atomic mass is 16.5. The van der Waals surface area contributed by atoms with E-state index in [-0.39, 0.29) is 38.8 Å². The molecule has 9 rings (SSSR count). The number of fused-ring (bicyclic) bond motifs is 4. The largest absolute Gasteiger partial charge is 0.457 e. The fourth-order valence-electron chi connectivity index (χ4n) is 8.07. The molecule has 0 bridgehead atoms. The fourth-order valence-corrected chi connectivity index (χ4v) is 8.07. The predicted molar refractivity (Wildman–Crippen MR) is 253 cm³/mol. The Labute approximate surface area is 367 Å². The summed E-state index contributed by atoms with van der Waals surface area (Å²) in [6.45, 7) is 18.0. The third-order valence-corrected chi connectivity index (χ3v) is 11.5. The van der Waals surface area contributed by atoms with E-state index < -0.39 is 37.1 Å². The summed E-state index contributed by atoms with van der Waals surface area (Å²) in [7, 11) is 0. The number of para-hydroxylation sites is 3. The molecule has 5 nitrogen and oxygen atoms in total. The molecule has 0 amide bonds. The summed E-state index contributed by atoms with van der Waals surface area (Å²) in [6.07, 6.45) is 1.30. The maximum Gasteiger partial charge on any atom is 0.137 e. The molecule has 5 heteroatoms. The van der Waals surface area contributed by atoms with Gasteiger partial charge in [-0.05, 0) is 112 Å². The van der Waals surface area contributed by atoms with E-state index in [1.165, 1.54) is 23.4 Å². The Bertz CT molecular complexity index is 3260. The SMILES string of the molecule is [2H]c1c([2H])c([2H])c(-c2cnc(-n3c4ccccc4c4ccc(Oc5cc(N6CN(c7cc(C(C)(C)C)cc(C(C)(C)C)c7)c7ccccc76)cc(C(C)(C)C)c5)cc43)cc2C([2H])([2H])[2H])c([2H])c1[2H]. The number of nitrogens with zero attached hydrogens (tertiary/aromatic N) is 4. The first-order valence-corrected chi connectivity index (χ1v) is 20.6. The Morgan fingerprint density at radius 2 is 1.17 bits per heavy atom. The highest BCUT2D eigenvalue weighted by Gasteiger charge is 2.31. The molecule has 0 saturated heterocycles. The molecule has 0 spiro atoms. The van der Waals surface area contributed by atoms with Crippen LogP contribution < -0.4 is 14.5 Å². The number of anilines is 4. The first-order valence-electron chi connectivity index (χ1n) is 24.6. The van der Waals surface area contributed by atoms with E-state index in [9.17, 15) is 0 Å². The molecule has 0 aliphatic carbocycles. The molecule has 0 unspecified atom stereocenters. The van der Waals surface area contributed by atoms with Gasteiger partial charge >= 0.3 is 0 Å². The second kappa shape index (κ2) is 14.4. The lowest BCUT2D eigenvalue weighted by Gasteiger charge is -2.29. The number of benzene rings is 6. The summed E-state index contributed by atoms with van der Waals surface area (Å²) in [6, 6.07) is 34.4. The number of rotatable bonds is 6. The molecule has 8 aromatic rings. The van der Waals surface area contributed by atoms with E-state index in [4.69, 9.17) is 20.7 Å². The van der Waals surface area contributed by atoms with Gasteiger partial charge in [-0.2, -0.15) is 0 Å². The first-order chi connectivity index (χ1) is 31.8. The molecular weight excluding hydrogens is 733 g/mol. The van der Waals surface area contributed by atoms with Crippen molar-refractivity contribution in [1.82, 2.24) is 9.55 Å². The van der Waals surface area contributed by atoms with Gasteiger partial charge in [0, 0.05) is 50.2 Å². The van der Waals surface area contributed by atoms with Crippen LogP contribution >= 0.6 is 0 Å². The van der Waals surface area contributed by atoms with E-state index in [0.717, 1.165) is 44.6 Å². The van der Waals surface area contributed by atoms with E-state index in [1.807, 2.05) is 47.0 Å². The minimum atomic E-state index is -2.72. The molecule has 2 aromatic heterocycles. The quantitative estimate of drug-likeness (QED) is 0.168. The van der Waals surface area contributed by atoms with Gasteiger partial charge in [-0.1, -0.05) is 129 Å². The smallest absolute Gasteiger partial charge is 0.137 e. The van der Waals surface area contributed by atoms with Crippen LogP contribution in [0.25, 0.3) is 38.8 Å². The molecule has 1 aliphatic rings. The molecule has 60 heavy (non-hydrogen) atoms. The monoisotopic (exact) mass is 796 g/mol. The summed E-state index contributed by atoms with van der Waals surface area (Å²) in [5, 5.41) is 1.81. The number of hydrogen-bond acceptors (Lipinski definition) is 4. The minimum Gasteiger partial charge on any atom is -0.457 e. The molecule has 0 N–H and O–H groups in total. The zero-order valence-electron chi connectivity index (χ0n) is 43.9. The van der Waals surface area contributed by atoms with Gasteiger partial charge in [0.25, 0.3) is 0 Å². The number of aryl methyl sites for hydroxylation is 1. The average Bonchev–Trinajstić information content (AvgIpc) is 3.82. The Morgan fingerprint density at radius 1 is 0.583 bits per heavy atom. The van der Waals surface area contributed by atoms with Crippen LogP contribution in [0.1, 0.15) is 95.5 Å². The standard InChI is InChI=1S/C55H56N4O/c1-36-26-52(56-34-47(36)37-18-12-11-13-19-37)59-48-21-15-14-20-45(48)46-25-24-43(33-51(46)59)60-44-31-40(55(8,9)10)30-42(32-44)58-35-57(49-22-16-17-23-50(49)58)41-28-38(53(2,3)4)27-39(29-41)54(5,6)7/h11-34H,35H2,1-10H3/i1D3,11D,12D,13D,18D,19D. The molecule has 302 valence electrons. The number of hydrogen-bond donors (Lipinski definition) is 0. The summed E-state index contributed by atoms with van der Waals surface area (Å²) >= 11 is 0. The van der Waals surface area contributed by atoms with Gasteiger partial charge < -0.3 is 14.5 Å². The lowest BCUT2D eigenvalue weighted by Crippen LogP contribution is -2.26. The van der Waals surface area contributed by atoms with Crippen molar-refractivity contribution in [3.63, 3.8) is 0 Å². The predicted octanol–water partition coefficient (Wildman–Crippen LogP) is 15.1. The van der Waals surface area contributed by atoms with Crippen molar-refractivity contribution < 1.29 is 15.7 Å². The van der Waals surface area contributed by atoms with Crippen LogP contribution in [-0.4, -0.2) is 16.2 Å². The fraction of sp³-hybridized carbons (Fsp3) is 0.255. The summed E-state index contributed by atoms with van der Waals surface area (Å²) in [5.74, 6) is 1.50. The first kappa shape index (κ1) is 30.7. The zero-order valence-corrected chi connectivity index (χ0v) is 35.9.